The van der Waals surface area contributed by atoms with Crippen molar-refractivity contribution in [1.82, 2.24) is 4.90 Å². The third kappa shape index (κ3) is 3.89. The molecule has 0 unspecified atom stereocenters. The van der Waals surface area contributed by atoms with Crippen LogP contribution in [0.4, 0.5) is 4.39 Å². The Bertz CT molecular complexity index is 564. The Morgan fingerprint density at radius 2 is 1.70 bits per heavy atom. The van der Waals surface area contributed by atoms with Crippen molar-refractivity contribution in [3.63, 3.8) is 0 Å². The smallest absolute Gasteiger partial charge is 0.123 e. The fraction of sp³-hybridized carbons (Fsp3) is 0.294. The summed E-state index contributed by atoms with van der Waals surface area (Å²) in [6, 6.07) is 13.3. The van der Waals surface area contributed by atoms with Gasteiger partial charge in [0.2, 0.25) is 0 Å². The van der Waals surface area contributed by atoms with Crippen LogP contribution < -0.4 is 5.73 Å². The lowest BCUT2D eigenvalue weighted by Crippen LogP contribution is -2.19. The van der Waals surface area contributed by atoms with Gasteiger partial charge in [-0.3, -0.25) is 4.90 Å². The highest BCUT2D eigenvalue weighted by Crippen LogP contribution is 2.15. The molecule has 0 fully saturated rings. The molecule has 0 saturated carbocycles. The molecule has 0 bridgehead atoms. The van der Waals surface area contributed by atoms with Crippen molar-refractivity contribution in [1.29, 1.82) is 0 Å². The topological polar surface area (TPSA) is 29.3 Å². The molecule has 2 aromatic carbocycles. The first kappa shape index (κ1) is 14.7. The summed E-state index contributed by atoms with van der Waals surface area (Å²) in [4.78, 5) is 2.17. The quantitative estimate of drug-likeness (QED) is 0.905. The minimum absolute atomic E-state index is 0.207. The van der Waals surface area contributed by atoms with Crippen LogP contribution in [0.1, 0.15) is 22.3 Å². The largest absolute Gasteiger partial charge is 0.326 e. The lowest BCUT2D eigenvalue weighted by molar-refractivity contribution is 0.317. The second-order valence-electron chi connectivity index (χ2n) is 5.28. The van der Waals surface area contributed by atoms with Gasteiger partial charge in [0.05, 0.1) is 0 Å². The average molecular weight is 272 g/mol. The maximum atomic E-state index is 13.3. The van der Waals surface area contributed by atoms with Crippen molar-refractivity contribution in [2.24, 2.45) is 5.73 Å². The minimum Gasteiger partial charge on any atom is -0.326 e. The first-order valence-corrected chi connectivity index (χ1v) is 6.80. The molecule has 3 heteroatoms. The molecular weight excluding hydrogens is 251 g/mol. The molecule has 0 heterocycles. The van der Waals surface area contributed by atoms with Crippen LogP contribution in [0.15, 0.2) is 42.5 Å². The molecule has 0 aliphatic rings. The fourth-order valence-corrected chi connectivity index (χ4v) is 2.29. The van der Waals surface area contributed by atoms with Crippen LogP contribution in [-0.4, -0.2) is 11.9 Å². The molecule has 2 rings (SSSR count). The van der Waals surface area contributed by atoms with E-state index in [0.29, 0.717) is 13.1 Å². The van der Waals surface area contributed by atoms with Gasteiger partial charge in [0.1, 0.15) is 5.82 Å². The molecular formula is C17H21FN2. The van der Waals surface area contributed by atoms with Crippen LogP contribution >= 0.6 is 0 Å². The van der Waals surface area contributed by atoms with E-state index >= 15 is 0 Å². The summed E-state index contributed by atoms with van der Waals surface area (Å²) in [5.41, 5.74) is 10.2. The zero-order valence-corrected chi connectivity index (χ0v) is 12.1. The number of hydrogen-bond acceptors (Lipinski definition) is 2. The van der Waals surface area contributed by atoms with Crippen molar-refractivity contribution in [2.75, 3.05) is 7.05 Å². The van der Waals surface area contributed by atoms with Gasteiger partial charge >= 0.3 is 0 Å². The second kappa shape index (κ2) is 6.64. The van der Waals surface area contributed by atoms with Gasteiger partial charge in [-0.05, 0) is 42.8 Å². The van der Waals surface area contributed by atoms with Crippen LogP contribution in [0.5, 0.6) is 0 Å². The van der Waals surface area contributed by atoms with E-state index in [0.717, 1.165) is 17.7 Å². The molecule has 2 N–H and O–H groups in total. The molecule has 0 aromatic heterocycles. The Morgan fingerprint density at radius 1 is 1.00 bits per heavy atom. The van der Waals surface area contributed by atoms with E-state index in [-0.39, 0.29) is 5.82 Å². The molecule has 0 radical (unpaired) electrons. The normalized spacial score (nSPS) is 11.1. The molecule has 2 aromatic rings. The Kier molecular flexibility index (Phi) is 4.88. The molecule has 0 spiro atoms. The van der Waals surface area contributed by atoms with E-state index in [1.165, 1.54) is 17.2 Å². The van der Waals surface area contributed by atoms with Crippen molar-refractivity contribution in [3.8, 4) is 0 Å². The van der Waals surface area contributed by atoms with Crippen LogP contribution in [0, 0.1) is 12.7 Å². The zero-order chi connectivity index (χ0) is 14.5. The van der Waals surface area contributed by atoms with Gasteiger partial charge in [-0.25, -0.2) is 4.39 Å². The highest BCUT2D eigenvalue weighted by Gasteiger charge is 2.07. The number of aryl methyl sites for hydroxylation is 1. The molecule has 0 aliphatic heterocycles. The SMILES string of the molecule is Cc1ccc(CN(C)Cc2cc(F)ccc2CN)cc1. The Hall–Kier alpha value is -1.71. The predicted molar refractivity (Wildman–Crippen MR) is 80.6 cm³/mol. The minimum atomic E-state index is -0.207. The van der Waals surface area contributed by atoms with Gasteiger partial charge in [-0.15, -0.1) is 0 Å². The number of rotatable bonds is 5. The summed E-state index contributed by atoms with van der Waals surface area (Å²) in [6.07, 6.45) is 0. The number of nitrogens with two attached hydrogens (primary N) is 1. The lowest BCUT2D eigenvalue weighted by atomic mass is 10.1. The van der Waals surface area contributed by atoms with Crippen LogP contribution in [0.3, 0.4) is 0 Å². The van der Waals surface area contributed by atoms with Crippen molar-refractivity contribution in [2.45, 2.75) is 26.6 Å². The molecule has 106 valence electrons. The first-order chi connectivity index (χ1) is 9.58. The number of halogens is 1. The summed E-state index contributed by atoms with van der Waals surface area (Å²) in [5, 5.41) is 0. The number of hydrogen-bond donors (Lipinski definition) is 1. The molecule has 0 saturated heterocycles. The van der Waals surface area contributed by atoms with E-state index in [1.807, 2.05) is 7.05 Å². The summed E-state index contributed by atoms with van der Waals surface area (Å²) in [5.74, 6) is -0.207. The highest BCUT2D eigenvalue weighted by atomic mass is 19.1. The van der Waals surface area contributed by atoms with E-state index in [2.05, 4.69) is 36.1 Å². The lowest BCUT2D eigenvalue weighted by Gasteiger charge is -2.19. The van der Waals surface area contributed by atoms with Gasteiger partial charge in [-0.1, -0.05) is 35.9 Å². The predicted octanol–water partition coefficient (Wildman–Crippen LogP) is 3.22. The maximum Gasteiger partial charge on any atom is 0.123 e. The van der Waals surface area contributed by atoms with Crippen molar-refractivity contribution < 1.29 is 4.39 Å². The maximum absolute atomic E-state index is 13.3. The van der Waals surface area contributed by atoms with Crippen LogP contribution in [-0.2, 0) is 19.6 Å². The summed E-state index contributed by atoms with van der Waals surface area (Å²) in [6.45, 7) is 4.04. The van der Waals surface area contributed by atoms with Gasteiger partial charge in [-0.2, -0.15) is 0 Å². The molecule has 20 heavy (non-hydrogen) atoms. The van der Waals surface area contributed by atoms with Gasteiger partial charge in [0.15, 0.2) is 0 Å². The second-order valence-corrected chi connectivity index (χ2v) is 5.28. The average Bonchev–Trinajstić information content (AvgIpc) is 2.41. The summed E-state index contributed by atoms with van der Waals surface area (Å²) < 4.78 is 13.3. The van der Waals surface area contributed by atoms with E-state index in [1.54, 1.807) is 12.1 Å². The van der Waals surface area contributed by atoms with Crippen molar-refractivity contribution >= 4 is 0 Å². The monoisotopic (exact) mass is 272 g/mol. The van der Waals surface area contributed by atoms with Gasteiger partial charge in [0.25, 0.3) is 0 Å². The zero-order valence-electron chi connectivity index (χ0n) is 12.1. The summed E-state index contributed by atoms with van der Waals surface area (Å²) in [7, 11) is 2.03. The van der Waals surface area contributed by atoms with Gasteiger partial charge < -0.3 is 5.73 Å². The first-order valence-electron chi connectivity index (χ1n) is 6.80. The summed E-state index contributed by atoms with van der Waals surface area (Å²) >= 11 is 0. The van der Waals surface area contributed by atoms with Crippen LogP contribution in [0.25, 0.3) is 0 Å². The number of benzene rings is 2. The van der Waals surface area contributed by atoms with E-state index in [4.69, 9.17) is 5.73 Å². The standard InChI is InChI=1S/C17H21FN2/c1-13-3-5-14(6-4-13)11-20(2)12-16-9-17(18)8-7-15(16)10-19/h3-9H,10-12,19H2,1-2H3. The Balaban J connectivity index is 2.05. The van der Waals surface area contributed by atoms with E-state index in [9.17, 15) is 4.39 Å². The molecule has 0 aliphatic carbocycles. The van der Waals surface area contributed by atoms with Crippen LogP contribution in [0.2, 0.25) is 0 Å². The Morgan fingerprint density at radius 3 is 2.35 bits per heavy atom. The third-order valence-electron chi connectivity index (χ3n) is 3.40. The molecule has 0 amide bonds. The van der Waals surface area contributed by atoms with Gasteiger partial charge in [0, 0.05) is 19.6 Å². The third-order valence-corrected chi connectivity index (χ3v) is 3.40. The number of nitrogens with zero attached hydrogens (tertiary/aromatic N) is 1. The molecule has 0 atom stereocenters. The Labute approximate surface area is 120 Å². The molecule has 2 nitrogen and oxygen atoms in total. The van der Waals surface area contributed by atoms with E-state index < -0.39 is 0 Å². The van der Waals surface area contributed by atoms with Crippen molar-refractivity contribution in [3.05, 3.63) is 70.5 Å². The highest BCUT2D eigenvalue weighted by molar-refractivity contribution is 5.28. The fourth-order valence-electron chi connectivity index (χ4n) is 2.29.